The van der Waals surface area contributed by atoms with Gasteiger partial charge >= 0.3 is 0 Å². The third-order valence-electron chi connectivity index (χ3n) is 3.28. The summed E-state index contributed by atoms with van der Waals surface area (Å²) in [5.74, 6) is -0.614. The number of aromatic hydroxyl groups is 2. The molecule has 1 heterocycles. The maximum absolute atomic E-state index is 12.2. The Bertz CT molecular complexity index is 439. The van der Waals surface area contributed by atoms with Gasteiger partial charge in [-0.1, -0.05) is 0 Å². The summed E-state index contributed by atoms with van der Waals surface area (Å²) >= 11 is 0. The number of carbonyl (C=O) groups is 1. The number of benzene rings is 1. The minimum Gasteiger partial charge on any atom is -0.504 e. The SMILES string of the molecule is COC1CCN(C(=O)c2ccc(O)c(O)c2)CC1. The van der Waals surface area contributed by atoms with Gasteiger partial charge in [-0.3, -0.25) is 4.79 Å². The fourth-order valence-corrected chi connectivity index (χ4v) is 2.13. The number of nitrogens with zero attached hydrogens (tertiary/aromatic N) is 1. The lowest BCUT2D eigenvalue weighted by molar-refractivity contribution is 0.0350. The van der Waals surface area contributed by atoms with Gasteiger partial charge in [0.2, 0.25) is 0 Å². The van der Waals surface area contributed by atoms with Crippen molar-refractivity contribution >= 4 is 5.91 Å². The van der Waals surface area contributed by atoms with Crippen molar-refractivity contribution in [2.75, 3.05) is 20.2 Å². The number of rotatable bonds is 2. The molecule has 0 atom stereocenters. The van der Waals surface area contributed by atoms with E-state index in [0.29, 0.717) is 18.7 Å². The molecule has 0 spiro atoms. The van der Waals surface area contributed by atoms with Crippen molar-refractivity contribution in [1.29, 1.82) is 0 Å². The van der Waals surface area contributed by atoms with Crippen molar-refractivity contribution in [2.45, 2.75) is 18.9 Å². The Morgan fingerprint density at radius 1 is 1.28 bits per heavy atom. The summed E-state index contributed by atoms with van der Waals surface area (Å²) < 4.78 is 5.25. The van der Waals surface area contributed by atoms with Crippen LogP contribution >= 0.6 is 0 Å². The molecule has 0 bridgehead atoms. The van der Waals surface area contributed by atoms with E-state index in [-0.39, 0.29) is 23.5 Å². The Kier molecular flexibility index (Phi) is 3.72. The zero-order chi connectivity index (χ0) is 13.1. The fourth-order valence-electron chi connectivity index (χ4n) is 2.13. The number of methoxy groups -OCH3 is 1. The van der Waals surface area contributed by atoms with Crippen molar-refractivity contribution in [3.05, 3.63) is 23.8 Å². The van der Waals surface area contributed by atoms with Crippen LogP contribution in [0, 0.1) is 0 Å². The summed E-state index contributed by atoms with van der Waals surface area (Å²) in [5, 5.41) is 18.6. The van der Waals surface area contributed by atoms with Gasteiger partial charge in [-0.15, -0.1) is 0 Å². The van der Waals surface area contributed by atoms with Gasteiger partial charge in [0.1, 0.15) is 0 Å². The number of phenolic OH excluding ortho intramolecular Hbond substituents is 2. The van der Waals surface area contributed by atoms with E-state index in [1.54, 1.807) is 12.0 Å². The molecule has 2 N–H and O–H groups in total. The van der Waals surface area contributed by atoms with E-state index in [2.05, 4.69) is 0 Å². The molecule has 1 aromatic rings. The number of likely N-dealkylation sites (tertiary alicyclic amines) is 1. The van der Waals surface area contributed by atoms with Gasteiger partial charge in [0.15, 0.2) is 11.5 Å². The van der Waals surface area contributed by atoms with E-state index in [1.165, 1.54) is 18.2 Å². The molecule has 0 radical (unpaired) electrons. The molecular formula is C13H17NO4. The molecule has 1 aromatic carbocycles. The molecule has 5 heteroatoms. The fraction of sp³-hybridized carbons (Fsp3) is 0.462. The first-order chi connectivity index (χ1) is 8.61. The van der Waals surface area contributed by atoms with Gasteiger partial charge in [0.25, 0.3) is 5.91 Å². The molecule has 1 aliphatic rings. The van der Waals surface area contributed by atoms with E-state index < -0.39 is 0 Å². The molecule has 5 nitrogen and oxygen atoms in total. The number of piperidine rings is 1. The molecule has 0 saturated carbocycles. The van der Waals surface area contributed by atoms with Crippen LogP contribution in [-0.2, 0) is 4.74 Å². The molecule has 1 fully saturated rings. The van der Waals surface area contributed by atoms with Crippen molar-refractivity contribution in [1.82, 2.24) is 4.90 Å². The lowest BCUT2D eigenvalue weighted by Crippen LogP contribution is -2.40. The van der Waals surface area contributed by atoms with Crippen LogP contribution in [0.2, 0.25) is 0 Å². The summed E-state index contributed by atoms with van der Waals surface area (Å²) in [6.07, 6.45) is 1.88. The summed E-state index contributed by atoms with van der Waals surface area (Å²) in [5.41, 5.74) is 0.390. The van der Waals surface area contributed by atoms with Gasteiger partial charge in [-0.2, -0.15) is 0 Å². The average Bonchev–Trinajstić information content (AvgIpc) is 2.41. The Hall–Kier alpha value is -1.75. The van der Waals surface area contributed by atoms with Gasteiger partial charge < -0.3 is 19.8 Å². The lowest BCUT2D eigenvalue weighted by Gasteiger charge is -2.31. The molecule has 0 aliphatic carbocycles. The first-order valence-corrected chi connectivity index (χ1v) is 5.96. The van der Waals surface area contributed by atoms with Crippen molar-refractivity contribution < 1.29 is 19.7 Å². The minimum absolute atomic E-state index is 0.125. The zero-order valence-corrected chi connectivity index (χ0v) is 10.3. The predicted molar refractivity (Wildman–Crippen MR) is 65.7 cm³/mol. The molecule has 98 valence electrons. The van der Waals surface area contributed by atoms with Crippen molar-refractivity contribution in [3.8, 4) is 11.5 Å². The van der Waals surface area contributed by atoms with Crippen LogP contribution in [0.1, 0.15) is 23.2 Å². The summed E-state index contributed by atoms with van der Waals surface area (Å²) in [4.78, 5) is 13.9. The van der Waals surface area contributed by atoms with Crippen LogP contribution in [0.4, 0.5) is 0 Å². The molecule has 1 aliphatic heterocycles. The van der Waals surface area contributed by atoms with Gasteiger partial charge in [-0.25, -0.2) is 0 Å². The Balaban J connectivity index is 2.05. The van der Waals surface area contributed by atoms with Crippen LogP contribution in [0.15, 0.2) is 18.2 Å². The highest BCUT2D eigenvalue weighted by atomic mass is 16.5. The van der Waals surface area contributed by atoms with Gasteiger partial charge in [-0.05, 0) is 31.0 Å². The summed E-state index contributed by atoms with van der Waals surface area (Å²) in [7, 11) is 1.68. The Morgan fingerprint density at radius 3 is 2.50 bits per heavy atom. The van der Waals surface area contributed by atoms with E-state index in [1.807, 2.05) is 0 Å². The third-order valence-corrected chi connectivity index (χ3v) is 3.28. The first-order valence-electron chi connectivity index (χ1n) is 5.96. The first kappa shape index (κ1) is 12.7. The van der Waals surface area contributed by atoms with Crippen molar-refractivity contribution in [2.24, 2.45) is 0 Å². The van der Waals surface area contributed by atoms with Gasteiger partial charge in [0.05, 0.1) is 6.10 Å². The monoisotopic (exact) mass is 251 g/mol. The van der Waals surface area contributed by atoms with E-state index in [4.69, 9.17) is 4.74 Å². The van der Waals surface area contributed by atoms with E-state index in [9.17, 15) is 15.0 Å². The smallest absolute Gasteiger partial charge is 0.253 e. The standard InChI is InChI=1S/C13H17NO4/c1-18-10-4-6-14(7-5-10)13(17)9-2-3-11(15)12(16)8-9/h2-3,8,10,15-16H,4-7H2,1H3. The predicted octanol–water partition coefficient (Wildman–Crippen LogP) is 1.35. The number of carbonyl (C=O) groups excluding carboxylic acids is 1. The van der Waals surface area contributed by atoms with E-state index >= 15 is 0 Å². The normalized spacial score (nSPS) is 16.8. The second-order valence-corrected chi connectivity index (χ2v) is 4.43. The number of ether oxygens (including phenoxy) is 1. The molecule has 1 saturated heterocycles. The minimum atomic E-state index is -0.271. The lowest BCUT2D eigenvalue weighted by atomic mass is 10.1. The van der Waals surface area contributed by atoms with E-state index in [0.717, 1.165) is 12.8 Å². The van der Waals surface area contributed by atoms with Gasteiger partial charge in [0, 0.05) is 25.8 Å². The third kappa shape index (κ3) is 2.56. The summed E-state index contributed by atoms with van der Waals surface area (Å²) in [6, 6.07) is 4.13. The quantitative estimate of drug-likeness (QED) is 0.778. The molecule has 1 amide bonds. The molecular weight excluding hydrogens is 234 g/mol. The average molecular weight is 251 g/mol. The van der Waals surface area contributed by atoms with Crippen LogP contribution < -0.4 is 0 Å². The topological polar surface area (TPSA) is 70.0 Å². The number of hydrogen-bond acceptors (Lipinski definition) is 4. The molecule has 0 unspecified atom stereocenters. The Labute approximate surface area is 106 Å². The second kappa shape index (κ2) is 5.27. The second-order valence-electron chi connectivity index (χ2n) is 4.43. The van der Waals surface area contributed by atoms with Crippen LogP contribution in [-0.4, -0.2) is 47.3 Å². The van der Waals surface area contributed by atoms with Crippen LogP contribution in [0.25, 0.3) is 0 Å². The van der Waals surface area contributed by atoms with Crippen LogP contribution in [0.5, 0.6) is 11.5 Å². The highest BCUT2D eigenvalue weighted by molar-refractivity contribution is 5.94. The number of hydrogen-bond donors (Lipinski definition) is 2. The maximum Gasteiger partial charge on any atom is 0.253 e. The molecule has 2 rings (SSSR count). The zero-order valence-electron chi connectivity index (χ0n) is 10.3. The number of phenols is 2. The van der Waals surface area contributed by atoms with Crippen LogP contribution in [0.3, 0.4) is 0 Å². The summed E-state index contributed by atoms with van der Waals surface area (Å²) in [6.45, 7) is 1.30. The Morgan fingerprint density at radius 2 is 1.94 bits per heavy atom. The maximum atomic E-state index is 12.2. The highest BCUT2D eigenvalue weighted by Gasteiger charge is 2.23. The molecule has 0 aromatic heterocycles. The molecule has 18 heavy (non-hydrogen) atoms. The van der Waals surface area contributed by atoms with Crippen molar-refractivity contribution in [3.63, 3.8) is 0 Å². The largest absolute Gasteiger partial charge is 0.504 e. The number of amides is 1. The highest BCUT2D eigenvalue weighted by Crippen LogP contribution is 2.26.